The zero-order valence-electron chi connectivity index (χ0n) is 13.5. The number of nitrogens with one attached hydrogen (secondary N) is 2. The van der Waals surface area contributed by atoms with E-state index in [4.69, 9.17) is 0 Å². The number of anilines is 1. The van der Waals surface area contributed by atoms with Crippen molar-refractivity contribution < 1.29 is 4.79 Å². The van der Waals surface area contributed by atoms with Gasteiger partial charge in [-0.25, -0.2) is 4.79 Å². The number of likely N-dealkylation sites (tertiary alicyclic amines) is 1. The van der Waals surface area contributed by atoms with Crippen LogP contribution >= 0.6 is 0 Å². The number of hydrogen-bond acceptors (Lipinski definition) is 5. The fourth-order valence-corrected chi connectivity index (χ4v) is 3.03. The lowest BCUT2D eigenvalue weighted by Gasteiger charge is -2.22. The van der Waals surface area contributed by atoms with Gasteiger partial charge >= 0.3 is 6.03 Å². The molecule has 1 aliphatic rings. The molecule has 3 heterocycles. The average molecular weight is 335 g/mol. The highest BCUT2D eigenvalue weighted by molar-refractivity contribution is 5.89. The Labute approximate surface area is 144 Å². The monoisotopic (exact) mass is 335 g/mol. The minimum absolute atomic E-state index is 0.143. The molecule has 1 aromatic carbocycles. The largest absolute Gasteiger partial charge is 0.322 e. The number of aromatic nitrogens is 5. The third-order valence-corrected chi connectivity index (χ3v) is 4.26. The van der Waals surface area contributed by atoms with Crippen molar-refractivity contribution in [2.75, 3.05) is 11.9 Å². The Morgan fingerprint density at radius 3 is 2.80 bits per heavy atom. The van der Waals surface area contributed by atoms with Crippen LogP contribution in [0.15, 0.2) is 48.7 Å². The second kappa shape index (κ2) is 6.68. The summed E-state index contributed by atoms with van der Waals surface area (Å²) >= 11 is 0. The molecule has 25 heavy (non-hydrogen) atoms. The van der Waals surface area contributed by atoms with Crippen LogP contribution in [0.1, 0.15) is 24.7 Å². The molecule has 0 aliphatic carbocycles. The Kier molecular flexibility index (Phi) is 4.07. The summed E-state index contributed by atoms with van der Waals surface area (Å²) in [5.74, 6) is 0.546. The molecule has 0 bridgehead atoms. The lowest BCUT2D eigenvalue weighted by atomic mass is 10.1. The number of nitrogens with zero attached hydrogens (tertiary/aromatic N) is 5. The van der Waals surface area contributed by atoms with E-state index in [9.17, 15) is 4.79 Å². The molecule has 2 aromatic heterocycles. The van der Waals surface area contributed by atoms with Gasteiger partial charge in [-0.3, -0.25) is 4.98 Å². The van der Waals surface area contributed by atoms with E-state index in [1.807, 2.05) is 42.5 Å². The summed E-state index contributed by atoms with van der Waals surface area (Å²) in [6, 6.07) is 13.3. The molecule has 8 nitrogen and oxygen atoms in total. The Morgan fingerprint density at radius 1 is 1.20 bits per heavy atom. The molecule has 1 fully saturated rings. The summed E-state index contributed by atoms with van der Waals surface area (Å²) in [4.78, 5) is 18.7. The molecule has 2 amide bonds. The predicted molar refractivity (Wildman–Crippen MR) is 91.6 cm³/mol. The van der Waals surface area contributed by atoms with Crippen LogP contribution in [0.5, 0.6) is 0 Å². The van der Waals surface area contributed by atoms with Gasteiger partial charge in [0, 0.05) is 12.1 Å². The summed E-state index contributed by atoms with van der Waals surface area (Å²) in [6.07, 6.45) is 3.41. The van der Waals surface area contributed by atoms with E-state index in [1.54, 1.807) is 11.1 Å². The zero-order valence-corrected chi connectivity index (χ0v) is 13.5. The number of carbonyl (C=O) groups excluding carboxylic acids is 1. The molecule has 3 aromatic rings. The topological polar surface area (TPSA) is 99.7 Å². The van der Waals surface area contributed by atoms with Crippen LogP contribution in [0.25, 0.3) is 11.3 Å². The van der Waals surface area contributed by atoms with Crippen LogP contribution in [0.3, 0.4) is 0 Å². The number of rotatable bonds is 3. The van der Waals surface area contributed by atoms with E-state index in [-0.39, 0.29) is 12.1 Å². The SMILES string of the molecule is O=C(Nc1ccc(-c2ccccc2)nc1)N1CCCC1c1nn[nH]n1. The summed E-state index contributed by atoms with van der Waals surface area (Å²) in [5, 5.41) is 16.9. The first kappa shape index (κ1) is 15.3. The van der Waals surface area contributed by atoms with E-state index in [0.717, 1.165) is 24.1 Å². The summed E-state index contributed by atoms with van der Waals surface area (Å²) < 4.78 is 0. The smallest absolute Gasteiger partial charge is 0.314 e. The Hall–Kier alpha value is -3.29. The molecule has 126 valence electrons. The Morgan fingerprint density at radius 2 is 2.08 bits per heavy atom. The van der Waals surface area contributed by atoms with Gasteiger partial charge in [0.1, 0.15) is 0 Å². The van der Waals surface area contributed by atoms with Gasteiger partial charge in [0.05, 0.1) is 23.6 Å². The molecule has 2 N–H and O–H groups in total. The zero-order chi connectivity index (χ0) is 17.1. The van der Waals surface area contributed by atoms with Gasteiger partial charge in [-0.15, -0.1) is 10.2 Å². The molecule has 1 atom stereocenters. The van der Waals surface area contributed by atoms with Crippen LogP contribution in [0.4, 0.5) is 10.5 Å². The molecule has 1 aliphatic heterocycles. The van der Waals surface area contributed by atoms with Gasteiger partial charge in [0.15, 0.2) is 5.82 Å². The third-order valence-electron chi connectivity index (χ3n) is 4.26. The molecular formula is C17H17N7O. The van der Waals surface area contributed by atoms with Crippen molar-refractivity contribution in [3.05, 3.63) is 54.5 Å². The molecule has 0 spiro atoms. The minimum Gasteiger partial charge on any atom is -0.314 e. The Balaban J connectivity index is 1.46. The highest BCUT2D eigenvalue weighted by Crippen LogP contribution is 2.29. The van der Waals surface area contributed by atoms with Crippen molar-refractivity contribution in [2.45, 2.75) is 18.9 Å². The quantitative estimate of drug-likeness (QED) is 0.766. The standard InChI is InChI=1S/C17H17N7O/c25-17(24-10-4-7-15(24)16-20-22-23-21-16)19-13-8-9-14(18-11-13)12-5-2-1-3-6-12/h1-3,5-6,8-9,11,15H,4,7,10H2,(H,19,25)(H,20,21,22,23). The summed E-state index contributed by atoms with van der Waals surface area (Å²) in [6.45, 7) is 0.667. The van der Waals surface area contributed by atoms with E-state index in [2.05, 4.69) is 30.9 Å². The third kappa shape index (κ3) is 3.18. The number of aromatic amines is 1. The molecule has 1 unspecified atom stereocenters. The molecule has 4 rings (SSSR count). The number of carbonyl (C=O) groups is 1. The lowest BCUT2D eigenvalue weighted by Crippen LogP contribution is -2.34. The lowest BCUT2D eigenvalue weighted by molar-refractivity contribution is 0.205. The molecule has 1 saturated heterocycles. The fourth-order valence-electron chi connectivity index (χ4n) is 3.03. The Bertz CT molecular complexity index is 833. The molecule has 8 heteroatoms. The molecule has 0 saturated carbocycles. The number of amides is 2. The second-order valence-electron chi connectivity index (χ2n) is 5.85. The molecular weight excluding hydrogens is 318 g/mol. The van der Waals surface area contributed by atoms with E-state index >= 15 is 0 Å². The van der Waals surface area contributed by atoms with Gasteiger partial charge < -0.3 is 10.2 Å². The number of urea groups is 1. The van der Waals surface area contributed by atoms with Crippen molar-refractivity contribution >= 4 is 11.7 Å². The highest BCUT2D eigenvalue weighted by Gasteiger charge is 2.32. The van der Waals surface area contributed by atoms with Crippen LogP contribution in [0.2, 0.25) is 0 Å². The van der Waals surface area contributed by atoms with Crippen molar-refractivity contribution in [2.24, 2.45) is 0 Å². The normalized spacial score (nSPS) is 16.8. The maximum atomic E-state index is 12.6. The fraction of sp³-hybridized carbons (Fsp3) is 0.235. The number of benzene rings is 1. The van der Waals surface area contributed by atoms with Crippen molar-refractivity contribution in [3.63, 3.8) is 0 Å². The molecule has 0 radical (unpaired) electrons. The summed E-state index contributed by atoms with van der Waals surface area (Å²) in [7, 11) is 0. The van der Waals surface area contributed by atoms with Crippen LogP contribution in [-0.2, 0) is 0 Å². The van der Waals surface area contributed by atoms with Crippen LogP contribution in [-0.4, -0.2) is 43.1 Å². The number of tetrazole rings is 1. The second-order valence-corrected chi connectivity index (χ2v) is 5.85. The van der Waals surface area contributed by atoms with Crippen LogP contribution in [0, 0.1) is 0 Å². The average Bonchev–Trinajstić information content (AvgIpc) is 3.34. The summed E-state index contributed by atoms with van der Waals surface area (Å²) in [5.41, 5.74) is 2.56. The van der Waals surface area contributed by atoms with Gasteiger partial charge in [0.2, 0.25) is 0 Å². The minimum atomic E-state index is -0.179. The van der Waals surface area contributed by atoms with E-state index in [1.165, 1.54) is 0 Å². The maximum Gasteiger partial charge on any atom is 0.322 e. The number of H-pyrrole nitrogens is 1. The first-order chi connectivity index (χ1) is 12.3. The van der Waals surface area contributed by atoms with Crippen LogP contribution < -0.4 is 5.32 Å². The van der Waals surface area contributed by atoms with E-state index in [0.29, 0.717) is 18.1 Å². The van der Waals surface area contributed by atoms with Crippen molar-refractivity contribution in [1.82, 2.24) is 30.5 Å². The van der Waals surface area contributed by atoms with Crippen molar-refractivity contribution in [1.29, 1.82) is 0 Å². The van der Waals surface area contributed by atoms with Gasteiger partial charge in [-0.05, 0) is 25.0 Å². The number of hydrogen-bond donors (Lipinski definition) is 2. The van der Waals surface area contributed by atoms with Gasteiger partial charge in [-0.2, -0.15) is 5.21 Å². The van der Waals surface area contributed by atoms with Gasteiger partial charge in [-0.1, -0.05) is 35.5 Å². The van der Waals surface area contributed by atoms with Crippen molar-refractivity contribution in [3.8, 4) is 11.3 Å². The maximum absolute atomic E-state index is 12.6. The van der Waals surface area contributed by atoms with E-state index < -0.39 is 0 Å². The highest BCUT2D eigenvalue weighted by atomic mass is 16.2. The van der Waals surface area contributed by atoms with Gasteiger partial charge in [0.25, 0.3) is 0 Å². The first-order valence-electron chi connectivity index (χ1n) is 8.14. The first-order valence-corrected chi connectivity index (χ1v) is 8.14. The number of pyridine rings is 1. The predicted octanol–water partition coefficient (Wildman–Crippen LogP) is 2.63.